The highest BCUT2D eigenvalue weighted by molar-refractivity contribution is 5.77. The highest BCUT2D eigenvalue weighted by Gasteiger charge is 2.23. The van der Waals surface area contributed by atoms with E-state index in [4.69, 9.17) is 5.73 Å². The molecular formula is C11H13N5O2. The van der Waals surface area contributed by atoms with Crippen molar-refractivity contribution in [2.24, 2.45) is 5.92 Å². The molecule has 1 aliphatic carbocycles. The Kier molecular flexibility index (Phi) is 2.41. The van der Waals surface area contributed by atoms with Crippen LogP contribution in [0.5, 0.6) is 5.88 Å². The molecule has 0 fully saturated rings. The molecule has 3 rings (SSSR count). The largest absolute Gasteiger partial charge is 0.492 e. The number of nitrogen functional groups attached to an aromatic ring is 1. The topological polar surface area (TPSA) is 110 Å². The van der Waals surface area contributed by atoms with Crippen LogP contribution in [0.1, 0.15) is 19.1 Å². The van der Waals surface area contributed by atoms with E-state index in [9.17, 15) is 10.2 Å². The summed E-state index contributed by atoms with van der Waals surface area (Å²) in [4.78, 5) is 11.6. The number of anilines is 1. The van der Waals surface area contributed by atoms with Gasteiger partial charge in [0.1, 0.15) is 6.23 Å². The Hall–Kier alpha value is -2.15. The molecule has 0 bridgehead atoms. The fourth-order valence-electron chi connectivity index (χ4n) is 2.22. The second kappa shape index (κ2) is 3.95. The number of fused-ring (bicyclic) bond motifs is 1. The van der Waals surface area contributed by atoms with Crippen molar-refractivity contribution >= 4 is 17.1 Å². The lowest BCUT2D eigenvalue weighted by Crippen LogP contribution is -2.16. The van der Waals surface area contributed by atoms with Gasteiger partial charge in [0.15, 0.2) is 11.2 Å². The van der Waals surface area contributed by atoms with Crippen molar-refractivity contribution in [1.82, 2.24) is 19.5 Å². The standard InChI is InChI=1S/C11H13N5O2/c12-11-14-8-7(9(17)15-11)13-5-16(8)10(18)6-3-1-2-4-6/h1,3,5-6,10,18H,2,4H2,(H3,12,14,15,17)/t6-,10?/m1/s1. The first-order valence-electron chi connectivity index (χ1n) is 5.70. The average molecular weight is 247 g/mol. The van der Waals surface area contributed by atoms with Gasteiger partial charge in [-0.25, -0.2) is 4.98 Å². The molecule has 0 saturated carbocycles. The van der Waals surface area contributed by atoms with Crippen LogP contribution in [0.4, 0.5) is 5.95 Å². The lowest BCUT2D eigenvalue weighted by molar-refractivity contribution is 0.0643. The minimum Gasteiger partial charge on any atom is -0.492 e. The molecule has 94 valence electrons. The van der Waals surface area contributed by atoms with Crippen molar-refractivity contribution in [3.8, 4) is 5.88 Å². The zero-order chi connectivity index (χ0) is 12.7. The number of hydrogen-bond donors (Lipinski definition) is 3. The fraction of sp³-hybridized carbons (Fsp3) is 0.364. The van der Waals surface area contributed by atoms with Crippen LogP contribution in [-0.2, 0) is 0 Å². The molecule has 0 radical (unpaired) electrons. The quantitative estimate of drug-likeness (QED) is 0.669. The first-order valence-corrected chi connectivity index (χ1v) is 5.70. The van der Waals surface area contributed by atoms with E-state index < -0.39 is 6.23 Å². The highest BCUT2D eigenvalue weighted by Crippen LogP contribution is 2.30. The number of aromatic hydroxyl groups is 1. The minimum atomic E-state index is -0.762. The lowest BCUT2D eigenvalue weighted by atomic mass is 10.1. The Labute approximate surface area is 103 Å². The maximum absolute atomic E-state index is 10.3. The van der Waals surface area contributed by atoms with Gasteiger partial charge in [-0.05, 0) is 12.8 Å². The third kappa shape index (κ3) is 1.60. The number of nitrogens with two attached hydrogens (primary N) is 1. The van der Waals surface area contributed by atoms with E-state index in [2.05, 4.69) is 15.0 Å². The number of aliphatic hydroxyl groups excluding tert-OH is 1. The summed E-state index contributed by atoms with van der Waals surface area (Å²) in [6.07, 6.45) is 6.52. The molecule has 0 aliphatic heterocycles. The Bertz CT molecular complexity index is 621. The van der Waals surface area contributed by atoms with E-state index in [0.717, 1.165) is 12.8 Å². The van der Waals surface area contributed by atoms with E-state index in [1.165, 1.54) is 10.9 Å². The zero-order valence-corrected chi connectivity index (χ0v) is 9.56. The molecule has 0 amide bonds. The van der Waals surface area contributed by atoms with Gasteiger partial charge in [-0.2, -0.15) is 9.97 Å². The summed E-state index contributed by atoms with van der Waals surface area (Å²) in [5.41, 5.74) is 6.07. The summed E-state index contributed by atoms with van der Waals surface area (Å²) >= 11 is 0. The Balaban J connectivity index is 2.09. The normalized spacial score (nSPS) is 20.6. The molecular weight excluding hydrogens is 234 g/mol. The van der Waals surface area contributed by atoms with Crippen LogP contribution in [-0.4, -0.2) is 29.7 Å². The van der Waals surface area contributed by atoms with Crippen LogP contribution in [0.15, 0.2) is 18.5 Å². The van der Waals surface area contributed by atoms with Crippen molar-refractivity contribution in [2.75, 3.05) is 5.73 Å². The molecule has 2 aromatic heterocycles. The van der Waals surface area contributed by atoms with Gasteiger partial charge in [-0.15, -0.1) is 0 Å². The van der Waals surface area contributed by atoms with Gasteiger partial charge in [0.05, 0.1) is 6.33 Å². The van der Waals surface area contributed by atoms with Gasteiger partial charge in [0, 0.05) is 5.92 Å². The maximum atomic E-state index is 10.3. The summed E-state index contributed by atoms with van der Waals surface area (Å²) < 4.78 is 1.51. The van der Waals surface area contributed by atoms with Crippen molar-refractivity contribution in [1.29, 1.82) is 0 Å². The predicted molar refractivity (Wildman–Crippen MR) is 64.5 cm³/mol. The Morgan fingerprint density at radius 3 is 3.00 bits per heavy atom. The minimum absolute atomic E-state index is 0.0285. The molecule has 0 spiro atoms. The fourth-order valence-corrected chi connectivity index (χ4v) is 2.22. The number of aliphatic hydroxyl groups is 1. The van der Waals surface area contributed by atoms with Crippen LogP contribution in [0.25, 0.3) is 11.2 Å². The lowest BCUT2D eigenvalue weighted by Gasteiger charge is -2.18. The van der Waals surface area contributed by atoms with E-state index in [0.29, 0.717) is 5.65 Å². The van der Waals surface area contributed by atoms with Gasteiger partial charge >= 0.3 is 0 Å². The molecule has 0 aromatic carbocycles. The first-order chi connectivity index (χ1) is 8.66. The van der Waals surface area contributed by atoms with Crippen LogP contribution >= 0.6 is 0 Å². The third-order valence-corrected chi connectivity index (χ3v) is 3.14. The first kappa shape index (κ1) is 11.0. The smallest absolute Gasteiger partial charge is 0.244 e. The van der Waals surface area contributed by atoms with Crippen LogP contribution < -0.4 is 5.73 Å². The number of aromatic nitrogens is 4. The van der Waals surface area contributed by atoms with Gasteiger partial charge in [-0.3, -0.25) is 4.57 Å². The molecule has 7 heteroatoms. The second-order valence-corrected chi connectivity index (χ2v) is 4.31. The summed E-state index contributed by atoms with van der Waals surface area (Å²) in [6.45, 7) is 0. The molecule has 2 heterocycles. The third-order valence-electron chi connectivity index (χ3n) is 3.14. The van der Waals surface area contributed by atoms with Crippen molar-refractivity contribution in [3.63, 3.8) is 0 Å². The SMILES string of the molecule is Nc1nc(O)c2ncn(C(O)[C@@H]3C=CCC3)c2n1. The summed E-state index contributed by atoms with van der Waals surface area (Å²) in [5, 5.41) is 19.9. The molecule has 18 heavy (non-hydrogen) atoms. The average Bonchev–Trinajstić information content (AvgIpc) is 2.96. The molecule has 2 aromatic rings. The van der Waals surface area contributed by atoms with E-state index >= 15 is 0 Å². The number of rotatable bonds is 2. The van der Waals surface area contributed by atoms with Crippen LogP contribution in [0.3, 0.4) is 0 Å². The second-order valence-electron chi connectivity index (χ2n) is 4.31. The number of nitrogens with zero attached hydrogens (tertiary/aromatic N) is 4. The monoisotopic (exact) mass is 247 g/mol. The van der Waals surface area contributed by atoms with E-state index in [1.807, 2.05) is 12.2 Å². The van der Waals surface area contributed by atoms with Crippen LogP contribution in [0.2, 0.25) is 0 Å². The Morgan fingerprint density at radius 1 is 1.44 bits per heavy atom. The van der Waals surface area contributed by atoms with Gasteiger partial charge < -0.3 is 15.9 Å². The summed E-state index contributed by atoms with van der Waals surface area (Å²) in [7, 11) is 0. The number of imidazole rings is 1. The van der Waals surface area contributed by atoms with Crippen molar-refractivity contribution < 1.29 is 10.2 Å². The molecule has 1 aliphatic rings. The summed E-state index contributed by atoms with van der Waals surface area (Å²) in [5.74, 6) is -0.290. The molecule has 2 atom stereocenters. The zero-order valence-electron chi connectivity index (χ0n) is 9.56. The van der Waals surface area contributed by atoms with Crippen LogP contribution in [0, 0.1) is 5.92 Å². The van der Waals surface area contributed by atoms with E-state index in [1.54, 1.807) is 0 Å². The van der Waals surface area contributed by atoms with Gasteiger partial charge in [0.2, 0.25) is 11.8 Å². The predicted octanol–water partition coefficient (Wildman–Crippen LogP) is 0.571. The maximum Gasteiger partial charge on any atom is 0.244 e. The van der Waals surface area contributed by atoms with Crippen molar-refractivity contribution in [3.05, 3.63) is 18.5 Å². The van der Waals surface area contributed by atoms with Gasteiger partial charge in [-0.1, -0.05) is 12.2 Å². The highest BCUT2D eigenvalue weighted by atomic mass is 16.3. The molecule has 0 saturated heterocycles. The number of hydrogen-bond acceptors (Lipinski definition) is 6. The molecule has 7 nitrogen and oxygen atoms in total. The molecule has 1 unspecified atom stereocenters. The van der Waals surface area contributed by atoms with Crippen molar-refractivity contribution in [2.45, 2.75) is 19.1 Å². The number of allylic oxidation sites excluding steroid dienone is 1. The molecule has 4 N–H and O–H groups in total. The van der Waals surface area contributed by atoms with E-state index in [-0.39, 0.29) is 23.3 Å². The Morgan fingerprint density at radius 2 is 2.28 bits per heavy atom. The van der Waals surface area contributed by atoms with Gasteiger partial charge in [0.25, 0.3) is 0 Å². The summed E-state index contributed by atoms with van der Waals surface area (Å²) in [6, 6.07) is 0.